The van der Waals surface area contributed by atoms with Crippen molar-refractivity contribution in [2.45, 2.75) is 38.3 Å². The number of hydrogen-bond acceptors (Lipinski definition) is 2. The molecular weight excluding hydrogens is 326 g/mol. The number of nitrogens with one attached hydrogen (secondary N) is 2. The highest BCUT2D eigenvalue weighted by atomic mass is 19.4. The number of anilines is 1. The maximum atomic E-state index is 13.3. The van der Waals surface area contributed by atoms with E-state index in [4.69, 9.17) is 0 Å². The average Bonchev–Trinajstić information content (AvgIpc) is 2.35. The van der Waals surface area contributed by atoms with E-state index in [-0.39, 0.29) is 0 Å². The van der Waals surface area contributed by atoms with Gasteiger partial charge in [0, 0.05) is 12.1 Å². The van der Waals surface area contributed by atoms with Crippen LogP contribution in [-0.2, 0) is 4.79 Å². The number of amides is 1. The van der Waals surface area contributed by atoms with Crippen LogP contribution in [0.3, 0.4) is 0 Å². The predicted octanol–water partition coefficient (Wildman–Crippen LogP) is 4.08. The molecule has 0 unspecified atom stereocenters. The first kappa shape index (κ1) is 19.1. The van der Waals surface area contributed by atoms with Crippen molar-refractivity contribution < 1.29 is 31.1 Å². The molecule has 0 bridgehead atoms. The number of para-hydroxylation sites is 1. The summed E-state index contributed by atoms with van der Waals surface area (Å²) in [5, 5.41) is 2.48. The summed E-state index contributed by atoms with van der Waals surface area (Å²) in [5.41, 5.74) is -4.99. The van der Waals surface area contributed by atoms with Crippen molar-refractivity contribution in [1.82, 2.24) is 5.32 Å². The van der Waals surface area contributed by atoms with Crippen LogP contribution in [0.25, 0.3) is 0 Å². The summed E-state index contributed by atoms with van der Waals surface area (Å²) in [6, 6.07) is 6.07. The second-order valence-corrected chi connectivity index (χ2v) is 5.38. The van der Waals surface area contributed by atoms with Crippen LogP contribution in [0.15, 0.2) is 30.3 Å². The van der Waals surface area contributed by atoms with Crippen molar-refractivity contribution >= 4 is 11.6 Å². The molecule has 0 saturated heterocycles. The fourth-order valence-corrected chi connectivity index (χ4v) is 1.84. The molecule has 0 spiro atoms. The second-order valence-electron chi connectivity index (χ2n) is 5.38. The van der Waals surface area contributed by atoms with Gasteiger partial charge >= 0.3 is 18.0 Å². The maximum absolute atomic E-state index is 13.3. The van der Waals surface area contributed by atoms with E-state index in [1.165, 1.54) is 37.4 Å². The number of carbonyl (C=O) groups is 1. The third-order valence-electron chi connectivity index (χ3n) is 2.88. The van der Waals surface area contributed by atoms with E-state index in [2.05, 4.69) is 0 Å². The normalized spacial score (nSPS) is 13.1. The molecule has 23 heavy (non-hydrogen) atoms. The molecule has 9 heteroatoms. The van der Waals surface area contributed by atoms with E-state index >= 15 is 0 Å². The largest absolute Gasteiger partial charge is 0.439 e. The molecule has 0 fully saturated rings. The van der Waals surface area contributed by atoms with E-state index < -0.39 is 41.9 Å². The van der Waals surface area contributed by atoms with E-state index in [0.717, 1.165) is 17.4 Å². The molecule has 0 heterocycles. The van der Waals surface area contributed by atoms with Crippen LogP contribution in [-0.4, -0.2) is 23.9 Å². The molecule has 0 aliphatic heterocycles. The third-order valence-corrected chi connectivity index (χ3v) is 2.88. The molecule has 3 nitrogen and oxygen atoms in total. The second kappa shape index (κ2) is 6.67. The summed E-state index contributed by atoms with van der Waals surface area (Å²) in [6.07, 6.45) is -12.1. The topological polar surface area (TPSA) is 41.1 Å². The van der Waals surface area contributed by atoms with Crippen LogP contribution in [0.4, 0.5) is 32.0 Å². The van der Waals surface area contributed by atoms with Gasteiger partial charge in [0.1, 0.15) is 0 Å². The van der Waals surface area contributed by atoms with Gasteiger partial charge in [-0.25, -0.2) is 0 Å². The molecule has 0 aliphatic carbocycles. The molecule has 0 atom stereocenters. The monoisotopic (exact) mass is 342 g/mol. The Bertz CT molecular complexity index is 510. The van der Waals surface area contributed by atoms with Gasteiger partial charge in [0.25, 0.3) is 0 Å². The Labute approximate surface area is 129 Å². The highest BCUT2D eigenvalue weighted by Crippen LogP contribution is 2.43. The predicted molar refractivity (Wildman–Crippen MR) is 72.5 cm³/mol. The molecule has 0 aliphatic rings. The summed E-state index contributed by atoms with van der Waals surface area (Å²) >= 11 is 0. The molecule has 0 aromatic heterocycles. The molecule has 1 rings (SSSR count). The number of carbonyl (C=O) groups excluding carboxylic acids is 1. The highest BCUT2D eigenvalue weighted by molar-refractivity contribution is 5.78. The first-order valence-electron chi connectivity index (χ1n) is 6.67. The smallest absolute Gasteiger partial charge is 0.348 e. The number of hydrogen-bond donors (Lipinski definition) is 2. The Morgan fingerprint density at radius 1 is 1.00 bits per heavy atom. The minimum Gasteiger partial charge on any atom is -0.348 e. The SMILES string of the molecule is CC(C)CC(=O)NC(Nc1ccccc1)(C(F)(F)F)C(F)(F)F. The Kier molecular flexibility index (Phi) is 5.55. The zero-order valence-corrected chi connectivity index (χ0v) is 12.3. The summed E-state index contributed by atoms with van der Waals surface area (Å²) < 4.78 is 79.5. The quantitative estimate of drug-likeness (QED) is 0.625. The Hall–Kier alpha value is -1.93. The highest BCUT2D eigenvalue weighted by Gasteiger charge is 2.72. The molecule has 1 aromatic carbocycles. The lowest BCUT2D eigenvalue weighted by Crippen LogP contribution is -2.72. The maximum Gasteiger partial charge on any atom is 0.439 e. The van der Waals surface area contributed by atoms with E-state index in [1.54, 1.807) is 0 Å². The van der Waals surface area contributed by atoms with Crippen LogP contribution < -0.4 is 10.6 Å². The van der Waals surface area contributed by atoms with Gasteiger partial charge in [-0.2, -0.15) is 26.3 Å². The number of halogens is 6. The van der Waals surface area contributed by atoms with E-state index in [0.29, 0.717) is 0 Å². The first-order valence-corrected chi connectivity index (χ1v) is 6.67. The van der Waals surface area contributed by atoms with Gasteiger partial charge in [0.2, 0.25) is 5.91 Å². The molecule has 0 saturated carbocycles. The zero-order valence-electron chi connectivity index (χ0n) is 12.3. The van der Waals surface area contributed by atoms with Crippen molar-refractivity contribution in [3.05, 3.63) is 30.3 Å². The molecular formula is C14H16F6N2O. The van der Waals surface area contributed by atoms with Crippen LogP contribution in [0, 0.1) is 5.92 Å². The van der Waals surface area contributed by atoms with Gasteiger partial charge in [-0.05, 0) is 18.1 Å². The summed E-state index contributed by atoms with van der Waals surface area (Å²) in [5.74, 6) is -1.75. The van der Waals surface area contributed by atoms with Gasteiger partial charge in [-0.3, -0.25) is 4.79 Å². The Balaban J connectivity index is 3.29. The molecule has 1 amide bonds. The lowest BCUT2D eigenvalue weighted by molar-refractivity contribution is -0.296. The number of alkyl halides is 6. The minimum absolute atomic E-state index is 0.397. The van der Waals surface area contributed by atoms with Crippen LogP contribution >= 0.6 is 0 Å². The van der Waals surface area contributed by atoms with Crippen LogP contribution in [0.1, 0.15) is 20.3 Å². The van der Waals surface area contributed by atoms with Gasteiger partial charge < -0.3 is 10.6 Å². The first-order chi connectivity index (χ1) is 10.4. The summed E-state index contributed by atoms with van der Waals surface area (Å²) in [7, 11) is 0. The fraction of sp³-hybridized carbons (Fsp3) is 0.500. The number of benzene rings is 1. The lowest BCUT2D eigenvalue weighted by Gasteiger charge is -2.39. The van der Waals surface area contributed by atoms with Crippen molar-refractivity contribution in [2.75, 3.05) is 5.32 Å². The van der Waals surface area contributed by atoms with Crippen molar-refractivity contribution in [1.29, 1.82) is 0 Å². The third kappa shape index (κ3) is 4.52. The minimum atomic E-state index is -5.80. The fourth-order valence-electron chi connectivity index (χ4n) is 1.84. The Morgan fingerprint density at radius 2 is 1.48 bits per heavy atom. The standard InChI is InChI=1S/C14H16F6N2O/c1-9(2)8-11(23)22-12(13(15,16)17,14(18,19)20)21-10-6-4-3-5-7-10/h3-7,9,21H,8H2,1-2H3,(H,22,23). The van der Waals surface area contributed by atoms with Crippen molar-refractivity contribution in [3.8, 4) is 0 Å². The van der Waals surface area contributed by atoms with Gasteiger partial charge in [0.05, 0.1) is 0 Å². The molecule has 0 radical (unpaired) electrons. The summed E-state index contributed by atoms with van der Waals surface area (Å²) in [4.78, 5) is 11.6. The van der Waals surface area contributed by atoms with Gasteiger partial charge in [-0.1, -0.05) is 32.0 Å². The van der Waals surface area contributed by atoms with Crippen LogP contribution in [0.5, 0.6) is 0 Å². The zero-order chi connectivity index (χ0) is 17.9. The van der Waals surface area contributed by atoms with E-state index in [9.17, 15) is 31.1 Å². The molecule has 1 aromatic rings. The average molecular weight is 342 g/mol. The van der Waals surface area contributed by atoms with Gasteiger partial charge in [0.15, 0.2) is 0 Å². The Morgan fingerprint density at radius 3 is 1.87 bits per heavy atom. The molecule has 2 N–H and O–H groups in total. The van der Waals surface area contributed by atoms with Gasteiger partial charge in [-0.15, -0.1) is 0 Å². The van der Waals surface area contributed by atoms with E-state index in [1.807, 2.05) is 0 Å². The van der Waals surface area contributed by atoms with Crippen molar-refractivity contribution in [2.24, 2.45) is 5.92 Å². The number of rotatable bonds is 5. The molecule has 130 valence electrons. The summed E-state index contributed by atoms with van der Waals surface area (Å²) in [6.45, 7) is 3.01. The van der Waals surface area contributed by atoms with Crippen LogP contribution in [0.2, 0.25) is 0 Å². The lowest BCUT2D eigenvalue weighted by atomic mass is 10.1. The van der Waals surface area contributed by atoms with Crippen molar-refractivity contribution in [3.63, 3.8) is 0 Å².